The average molecular weight is 919 g/mol. The number of anilines is 3. The number of carbonyl (C=O) groups is 4. The molecule has 6 atom stereocenters. The molecule has 1 aromatic heterocycles. The number of hydrogen-bond acceptors (Lipinski definition) is 11. The molecule has 6 unspecified atom stereocenters. The van der Waals surface area contributed by atoms with Crippen molar-refractivity contribution < 1.29 is 51.7 Å². The predicted octanol–water partition coefficient (Wildman–Crippen LogP) is 7.70. The molecule has 4 aromatic rings. The number of aromatic nitrogens is 1. The number of nitrogens with one attached hydrogen (secondary N) is 1. The fraction of sp³-hybridized carbons (Fsp3) is 0.326. The highest BCUT2D eigenvalue weighted by atomic mass is 35.5. The Kier molecular flexibility index (Phi) is 11.1. The number of imide groups is 2. The summed E-state index contributed by atoms with van der Waals surface area (Å²) in [6, 6.07) is 17.4. The smallest absolute Gasteiger partial charge is 0.417 e. The molecular weight excluding hydrogens is 878 g/mol. The first-order valence-corrected chi connectivity index (χ1v) is 21.2. The van der Waals surface area contributed by atoms with Crippen molar-refractivity contribution in [2.45, 2.75) is 24.4 Å². The Morgan fingerprint density at radius 3 is 2.17 bits per heavy atom. The van der Waals surface area contributed by atoms with Crippen molar-refractivity contribution in [1.82, 2.24) is 9.99 Å². The SMILES string of the molecule is COc1cc(C=CC2C3=CCC4C(=O)N(c5ccc(N6CCOCC6)cc5)C(=O)C4C3CC3C(=O)N(Nc4ncc(C(F)(F)F)cc4Cl)C(=O)C23c2ccc(Cl)cc2)cc(OC)c1O. The van der Waals surface area contributed by atoms with Gasteiger partial charge in [0.25, 0.3) is 11.8 Å². The summed E-state index contributed by atoms with van der Waals surface area (Å²) in [7, 11) is 2.75. The standard InChI is InChI=1S/C46H40Cl2F3N5O8/c1-62-36-19-24(20-37(63-2)39(36)57)3-14-33-30-12-13-31-38(43(60)55(41(31)58)29-10-8-28(9-11-29)54-15-17-64-18-16-54)32(30)22-34-42(59)56(44(61)45(33,34)25-4-6-27(47)7-5-25)53-40-35(48)21-26(23-52-40)46(49,50)51/h3-12,14,19-21,23,31-34,38,57H,13,15-18,22H2,1-2H3,(H,52,53). The van der Waals surface area contributed by atoms with Crippen molar-refractivity contribution in [1.29, 1.82) is 0 Å². The highest BCUT2D eigenvalue weighted by Gasteiger charge is 2.69. The normalized spacial score (nSPS) is 25.6. The lowest BCUT2D eigenvalue weighted by Gasteiger charge is -2.49. The van der Waals surface area contributed by atoms with E-state index in [9.17, 15) is 27.9 Å². The van der Waals surface area contributed by atoms with Crippen LogP contribution in [0.15, 0.2) is 90.7 Å². The molecule has 3 aromatic carbocycles. The minimum absolute atomic E-state index is 0.0550. The van der Waals surface area contributed by atoms with Gasteiger partial charge in [0.05, 0.1) is 66.9 Å². The molecule has 0 radical (unpaired) electrons. The number of carbonyl (C=O) groups excluding carboxylic acids is 4. The number of phenols is 1. The molecule has 4 fully saturated rings. The summed E-state index contributed by atoms with van der Waals surface area (Å²) >= 11 is 12.7. The average Bonchev–Trinajstić information content (AvgIpc) is 3.67. The molecule has 64 heavy (non-hydrogen) atoms. The van der Waals surface area contributed by atoms with Crippen LogP contribution in [0.5, 0.6) is 17.2 Å². The summed E-state index contributed by atoms with van der Waals surface area (Å²) in [6.45, 7) is 2.57. The van der Waals surface area contributed by atoms with Gasteiger partial charge in [-0.05, 0) is 84.5 Å². The minimum Gasteiger partial charge on any atom is -0.502 e. The van der Waals surface area contributed by atoms with Crippen LogP contribution in [0.4, 0.5) is 30.4 Å². The number of amides is 4. The Morgan fingerprint density at radius 2 is 1.55 bits per heavy atom. The highest BCUT2D eigenvalue weighted by Crippen LogP contribution is 2.62. The zero-order valence-corrected chi connectivity index (χ0v) is 35.8. The first-order chi connectivity index (χ1) is 30.7. The molecule has 0 spiro atoms. The number of fused-ring (bicyclic) bond motifs is 4. The fourth-order valence-corrected chi connectivity index (χ4v) is 10.5. The Labute approximate surface area is 374 Å². The summed E-state index contributed by atoms with van der Waals surface area (Å²) in [6.07, 6.45) is 1.18. The lowest BCUT2D eigenvalue weighted by molar-refractivity contribution is -0.139. The van der Waals surface area contributed by atoms with Crippen molar-refractivity contribution in [2.24, 2.45) is 29.6 Å². The molecule has 9 rings (SSSR count). The number of allylic oxidation sites excluding steroid dienone is 3. The second kappa shape index (κ2) is 16.5. The lowest BCUT2D eigenvalue weighted by atomic mass is 9.50. The monoisotopic (exact) mass is 917 g/mol. The minimum atomic E-state index is -4.77. The van der Waals surface area contributed by atoms with Crippen molar-refractivity contribution in [3.63, 3.8) is 0 Å². The van der Waals surface area contributed by atoms with Gasteiger partial charge in [0.1, 0.15) is 0 Å². The number of alkyl halides is 3. The van der Waals surface area contributed by atoms with Crippen molar-refractivity contribution in [3.8, 4) is 17.2 Å². The summed E-state index contributed by atoms with van der Waals surface area (Å²) in [5.41, 5.74) is 2.60. The van der Waals surface area contributed by atoms with E-state index in [2.05, 4.69) is 15.3 Å². The van der Waals surface area contributed by atoms with Crippen LogP contribution in [-0.2, 0) is 35.5 Å². The van der Waals surface area contributed by atoms with Crippen LogP contribution in [0.25, 0.3) is 6.08 Å². The van der Waals surface area contributed by atoms with Crippen LogP contribution in [-0.4, -0.2) is 79.3 Å². The van der Waals surface area contributed by atoms with Crippen LogP contribution < -0.4 is 24.7 Å². The molecule has 18 heteroatoms. The molecule has 2 aliphatic carbocycles. The fourth-order valence-electron chi connectivity index (χ4n) is 10.1. The number of rotatable bonds is 9. The molecule has 3 aliphatic heterocycles. The van der Waals surface area contributed by atoms with E-state index in [-0.39, 0.29) is 41.8 Å². The van der Waals surface area contributed by atoms with E-state index in [1.54, 1.807) is 60.7 Å². The van der Waals surface area contributed by atoms with Crippen LogP contribution in [0.3, 0.4) is 0 Å². The Bertz CT molecular complexity index is 2600. The van der Waals surface area contributed by atoms with Crippen LogP contribution in [0.1, 0.15) is 29.5 Å². The van der Waals surface area contributed by atoms with Gasteiger partial charge >= 0.3 is 6.18 Å². The van der Waals surface area contributed by atoms with Crippen LogP contribution in [0, 0.1) is 29.6 Å². The number of aromatic hydroxyl groups is 1. The van der Waals surface area contributed by atoms with E-state index in [0.29, 0.717) is 66.0 Å². The second-order valence-corrected chi connectivity index (χ2v) is 17.1. The molecule has 1 saturated carbocycles. The van der Waals surface area contributed by atoms with Gasteiger partial charge in [-0.15, -0.1) is 0 Å². The number of phenolic OH excluding ortho intramolecular Hbond substituents is 1. The lowest BCUT2D eigenvalue weighted by Crippen LogP contribution is -2.54. The maximum Gasteiger partial charge on any atom is 0.417 e. The van der Waals surface area contributed by atoms with E-state index in [1.165, 1.54) is 19.1 Å². The maximum atomic E-state index is 15.4. The molecule has 332 valence electrons. The van der Waals surface area contributed by atoms with Crippen molar-refractivity contribution in [3.05, 3.63) is 117 Å². The van der Waals surface area contributed by atoms with Gasteiger partial charge in [-0.2, -0.15) is 18.2 Å². The number of hydrazine groups is 1. The number of morpholine rings is 1. The predicted molar refractivity (Wildman–Crippen MR) is 230 cm³/mol. The van der Waals surface area contributed by atoms with Gasteiger partial charge in [0, 0.05) is 35.9 Å². The highest BCUT2D eigenvalue weighted by molar-refractivity contribution is 6.33. The van der Waals surface area contributed by atoms with Gasteiger partial charge in [-0.25, -0.2) is 4.98 Å². The zero-order valence-electron chi connectivity index (χ0n) is 34.3. The number of hydrogen-bond donors (Lipinski definition) is 2. The summed E-state index contributed by atoms with van der Waals surface area (Å²) < 4.78 is 57.1. The summed E-state index contributed by atoms with van der Waals surface area (Å²) in [4.78, 5) is 66.8. The van der Waals surface area contributed by atoms with E-state index >= 15 is 9.59 Å². The molecule has 4 heterocycles. The summed E-state index contributed by atoms with van der Waals surface area (Å²) in [5, 5.41) is 11.3. The van der Waals surface area contributed by atoms with E-state index in [4.69, 9.17) is 37.4 Å². The van der Waals surface area contributed by atoms with Crippen LogP contribution in [0.2, 0.25) is 10.0 Å². The number of pyridine rings is 1. The second-order valence-electron chi connectivity index (χ2n) is 16.2. The number of benzene rings is 3. The largest absolute Gasteiger partial charge is 0.502 e. The molecular formula is C46H40Cl2F3N5O8. The van der Waals surface area contributed by atoms with E-state index in [0.717, 1.165) is 10.7 Å². The number of halogens is 5. The van der Waals surface area contributed by atoms with Gasteiger partial charge < -0.3 is 24.2 Å². The topological polar surface area (TPSA) is 151 Å². The molecule has 0 bridgehead atoms. The van der Waals surface area contributed by atoms with Crippen molar-refractivity contribution >= 4 is 70.1 Å². The van der Waals surface area contributed by atoms with Gasteiger partial charge in [0.15, 0.2) is 17.3 Å². The first kappa shape index (κ1) is 43.2. The number of nitrogens with zero attached hydrogens (tertiary/aromatic N) is 4. The summed E-state index contributed by atoms with van der Waals surface area (Å²) in [5.74, 6) is -7.33. The molecule has 3 saturated heterocycles. The van der Waals surface area contributed by atoms with Crippen LogP contribution >= 0.6 is 23.2 Å². The Morgan fingerprint density at radius 1 is 0.891 bits per heavy atom. The third-order valence-corrected chi connectivity index (χ3v) is 13.6. The Balaban J connectivity index is 1.17. The zero-order chi connectivity index (χ0) is 45.2. The molecule has 2 N–H and O–H groups in total. The maximum absolute atomic E-state index is 15.4. The van der Waals surface area contributed by atoms with Gasteiger partial charge in [-0.1, -0.05) is 59.1 Å². The number of ether oxygens (including phenoxy) is 3. The quantitative estimate of drug-likeness (QED) is 0.126. The number of methoxy groups -OCH3 is 2. The first-order valence-electron chi connectivity index (χ1n) is 20.4. The third kappa shape index (κ3) is 7.02. The van der Waals surface area contributed by atoms with Gasteiger partial charge in [-0.3, -0.25) is 29.5 Å². The van der Waals surface area contributed by atoms with Gasteiger partial charge in [0.2, 0.25) is 17.6 Å². The molecule has 13 nitrogen and oxygen atoms in total. The van der Waals surface area contributed by atoms with Crippen molar-refractivity contribution in [2.75, 3.05) is 55.7 Å². The third-order valence-electron chi connectivity index (χ3n) is 13.1. The van der Waals surface area contributed by atoms with E-state index in [1.807, 2.05) is 18.2 Å². The van der Waals surface area contributed by atoms with E-state index < -0.39 is 69.5 Å². The Hall–Kier alpha value is -6.10. The molecule has 4 amide bonds. The molecule has 5 aliphatic rings.